The van der Waals surface area contributed by atoms with Gasteiger partial charge in [-0.25, -0.2) is 13.2 Å². The van der Waals surface area contributed by atoms with Crippen LogP contribution >= 0.6 is 0 Å². The summed E-state index contributed by atoms with van der Waals surface area (Å²) >= 11 is 0. The van der Waals surface area contributed by atoms with Crippen LogP contribution in [0.1, 0.15) is 37.2 Å². The van der Waals surface area contributed by atoms with Crippen molar-refractivity contribution >= 4 is 21.9 Å². The summed E-state index contributed by atoms with van der Waals surface area (Å²) in [6, 6.07) is 1.35. The van der Waals surface area contributed by atoms with Crippen molar-refractivity contribution in [1.29, 1.82) is 0 Å². The van der Waals surface area contributed by atoms with Crippen LogP contribution in [-0.2, 0) is 14.8 Å². The van der Waals surface area contributed by atoms with E-state index in [2.05, 4.69) is 5.32 Å². The van der Waals surface area contributed by atoms with Gasteiger partial charge in [-0.3, -0.25) is 4.79 Å². The van der Waals surface area contributed by atoms with Gasteiger partial charge in [0.1, 0.15) is 6.04 Å². The molecule has 0 radical (unpaired) electrons. The highest BCUT2D eigenvalue weighted by Crippen LogP contribution is 2.27. The zero-order valence-electron chi connectivity index (χ0n) is 13.5. The van der Waals surface area contributed by atoms with Crippen molar-refractivity contribution in [2.75, 3.05) is 13.1 Å². The summed E-state index contributed by atoms with van der Waals surface area (Å²) in [7, 11) is -4.06. The van der Waals surface area contributed by atoms with Gasteiger partial charge in [0.25, 0.3) is 10.0 Å². The molecule has 1 saturated heterocycles. The van der Waals surface area contributed by atoms with Crippen LogP contribution in [-0.4, -0.2) is 48.8 Å². The maximum atomic E-state index is 12.6. The summed E-state index contributed by atoms with van der Waals surface area (Å²) in [5.74, 6) is -2.19. The van der Waals surface area contributed by atoms with Crippen molar-refractivity contribution in [2.24, 2.45) is 0 Å². The smallest absolute Gasteiger partial charge is 0.371 e. The molecule has 1 aromatic heterocycles. The maximum Gasteiger partial charge on any atom is 0.371 e. The first kappa shape index (κ1) is 18.2. The number of carbonyl (C=O) groups excluding carboxylic acids is 1. The minimum atomic E-state index is -4.06. The van der Waals surface area contributed by atoms with Crippen molar-refractivity contribution in [3.8, 4) is 0 Å². The number of rotatable bonds is 6. The number of carboxylic acid groups (broad SMARTS) is 1. The van der Waals surface area contributed by atoms with E-state index in [9.17, 15) is 18.0 Å². The Morgan fingerprint density at radius 1 is 1.42 bits per heavy atom. The largest absolute Gasteiger partial charge is 0.475 e. The van der Waals surface area contributed by atoms with Crippen LogP contribution in [0.5, 0.6) is 0 Å². The Labute approximate surface area is 140 Å². The molecule has 1 unspecified atom stereocenters. The highest BCUT2D eigenvalue weighted by Gasteiger charge is 2.40. The van der Waals surface area contributed by atoms with Crippen LogP contribution in [0.15, 0.2) is 33.3 Å². The second kappa shape index (κ2) is 7.18. The third kappa shape index (κ3) is 3.85. The van der Waals surface area contributed by atoms with Crippen molar-refractivity contribution in [3.05, 3.63) is 29.5 Å². The monoisotopic (exact) mass is 356 g/mol. The van der Waals surface area contributed by atoms with E-state index >= 15 is 0 Å². The number of allylic oxidation sites excluding steroid dienone is 1. The molecule has 0 aromatic carbocycles. The number of sulfonamides is 1. The molecule has 0 bridgehead atoms. The number of amides is 1. The lowest BCUT2D eigenvalue weighted by Crippen LogP contribution is -2.45. The van der Waals surface area contributed by atoms with Crippen molar-refractivity contribution in [2.45, 2.75) is 37.8 Å². The minimum absolute atomic E-state index is 0.187. The number of nitrogens with zero attached hydrogens (tertiary/aromatic N) is 1. The van der Waals surface area contributed by atoms with Gasteiger partial charge in [-0.1, -0.05) is 11.6 Å². The number of hydrogen-bond donors (Lipinski definition) is 2. The fourth-order valence-electron chi connectivity index (χ4n) is 2.45. The Kier molecular flexibility index (Phi) is 5.45. The summed E-state index contributed by atoms with van der Waals surface area (Å²) in [6.07, 6.45) is 2.79. The molecule has 0 spiro atoms. The van der Waals surface area contributed by atoms with Crippen LogP contribution < -0.4 is 5.32 Å². The van der Waals surface area contributed by atoms with Gasteiger partial charge in [-0.2, -0.15) is 4.31 Å². The van der Waals surface area contributed by atoms with Crippen LogP contribution in [0.2, 0.25) is 0 Å². The Morgan fingerprint density at radius 3 is 2.71 bits per heavy atom. The van der Waals surface area contributed by atoms with Gasteiger partial charge >= 0.3 is 5.97 Å². The molecule has 1 amide bonds. The number of carboxylic acids is 1. The lowest BCUT2D eigenvalue weighted by atomic mass is 10.2. The Bertz CT molecular complexity index is 761. The summed E-state index contributed by atoms with van der Waals surface area (Å²) in [6.45, 7) is 4.31. The highest BCUT2D eigenvalue weighted by atomic mass is 32.2. The van der Waals surface area contributed by atoms with E-state index in [1.54, 1.807) is 0 Å². The molecule has 9 heteroatoms. The molecule has 2 N–H and O–H groups in total. The van der Waals surface area contributed by atoms with Gasteiger partial charge in [-0.05, 0) is 38.8 Å². The molecule has 8 nitrogen and oxygen atoms in total. The Morgan fingerprint density at radius 2 is 2.12 bits per heavy atom. The highest BCUT2D eigenvalue weighted by molar-refractivity contribution is 7.89. The molecule has 24 heavy (non-hydrogen) atoms. The van der Waals surface area contributed by atoms with E-state index in [0.29, 0.717) is 19.4 Å². The first-order valence-electron chi connectivity index (χ1n) is 7.49. The third-order valence-corrected chi connectivity index (χ3v) is 5.43. The normalized spacial score (nSPS) is 18.3. The molecule has 0 saturated carbocycles. The summed E-state index contributed by atoms with van der Waals surface area (Å²) in [4.78, 5) is 23.1. The molecular weight excluding hydrogens is 336 g/mol. The van der Waals surface area contributed by atoms with Crippen LogP contribution in [0.3, 0.4) is 0 Å². The minimum Gasteiger partial charge on any atom is -0.475 e. The van der Waals surface area contributed by atoms with Crippen LogP contribution in [0, 0.1) is 0 Å². The van der Waals surface area contributed by atoms with Gasteiger partial charge in [0.15, 0.2) is 0 Å². The number of furan rings is 1. The summed E-state index contributed by atoms with van der Waals surface area (Å²) in [5, 5.41) is 11.1. The lowest BCUT2D eigenvalue weighted by molar-refractivity contribution is -0.123. The molecule has 1 aliphatic rings. The van der Waals surface area contributed by atoms with E-state index in [-0.39, 0.29) is 12.5 Å². The Balaban J connectivity index is 2.17. The van der Waals surface area contributed by atoms with Gasteiger partial charge < -0.3 is 14.8 Å². The SMILES string of the molecule is CC(C)=CCNC(=O)C1CCCN1S(=O)(=O)c1ccc(C(=O)O)o1. The number of nitrogens with one attached hydrogen (secondary N) is 1. The van der Waals surface area contributed by atoms with Crippen molar-refractivity contribution < 1.29 is 27.5 Å². The van der Waals surface area contributed by atoms with Crippen LogP contribution in [0.4, 0.5) is 0 Å². The van der Waals surface area contributed by atoms with Gasteiger partial charge in [0.2, 0.25) is 16.8 Å². The van der Waals surface area contributed by atoms with Gasteiger partial charge in [-0.15, -0.1) is 0 Å². The standard InChI is InChI=1S/C15H20N2O6S/c1-10(2)7-8-16-14(18)11-4-3-9-17(11)24(21,22)13-6-5-12(23-13)15(19)20/h5-7,11H,3-4,8-9H2,1-2H3,(H,16,18)(H,19,20). The predicted octanol–water partition coefficient (Wildman–Crippen LogP) is 1.21. The zero-order valence-corrected chi connectivity index (χ0v) is 14.3. The van der Waals surface area contributed by atoms with Gasteiger partial charge in [0.05, 0.1) is 0 Å². The topological polar surface area (TPSA) is 117 Å². The third-order valence-electron chi connectivity index (χ3n) is 3.65. The molecule has 1 aliphatic heterocycles. The number of carbonyl (C=O) groups is 2. The quantitative estimate of drug-likeness (QED) is 0.740. The van der Waals surface area contributed by atoms with E-state index in [4.69, 9.17) is 9.52 Å². The zero-order chi connectivity index (χ0) is 17.9. The molecule has 1 fully saturated rings. The maximum absolute atomic E-state index is 12.6. The van der Waals surface area contributed by atoms with Gasteiger partial charge in [0, 0.05) is 13.1 Å². The fourth-order valence-corrected chi connectivity index (χ4v) is 4.02. The number of hydrogen-bond acceptors (Lipinski definition) is 5. The van der Waals surface area contributed by atoms with E-state index in [1.165, 1.54) is 0 Å². The average molecular weight is 356 g/mol. The first-order valence-corrected chi connectivity index (χ1v) is 8.93. The van der Waals surface area contributed by atoms with E-state index in [0.717, 1.165) is 22.0 Å². The van der Waals surface area contributed by atoms with Crippen molar-refractivity contribution in [3.63, 3.8) is 0 Å². The molecule has 2 heterocycles. The molecular formula is C15H20N2O6S. The molecule has 1 atom stereocenters. The molecule has 132 valence electrons. The lowest BCUT2D eigenvalue weighted by Gasteiger charge is -2.21. The summed E-state index contributed by atoms with van der Waals surface area (Å²) < 4.78 is 31.2. The molecule has 0 aliphatic carbocycles. The second-order valence-corrected chi connectivity index (χ2v) is 7.55. The molecule has 1 aromatic rings. The van der Waals surface area contributed by atoms with E-state index in [1.807, 2.05) is 19.9 Å². The molecule has 2 rings (SSSR count). The fraction of sp³-hybridized carbons (Fsp3) is 0.467. The summed E-state index contributed by atoms with van der Waals surface area (Å²) in [5.41, 5.74) is 1.04. The Hall–Kier alpha value is -2.13. The first-order chi connectivity index (χ1) is 11.2. The van der Waals surface area contributed by atoms with Crippen LogP contribution in [0.25, 0.3) is 0 Å². The predicted molar refractivity (Wildman–Crippen MR) is 85.0 cm³/mol. The van der Waals surface area contributed by atoms with Crippen molar-refractivity contribution in [1.82, 2.24) is 9.62 Å². The number of aromatic carboxylic acids is 1. The average Bonchev–Trinajstić information content (AvgIpc) is 3.16. The van der Waals surface area contributed by atoms with E-state index < -0.39 is 32.9 Å². The second-order valence-electron chi connectivity index (χ2n) is 5.72.